The molecule has 3 fully saturated rings. The second kappa shape index (κ2) is 5.64. The molecule has 0 bridgehead atoms. The van der Waals surface area contributed by atoms with Crippen molar-refractivity contribution >= 4 is 39.3 Å². The molecule has 0 saturated carbocycles. The first-order chi connectivity index (χ1) is 12.9. The molecule has 142 valence electrons. The fourth-order valence-electron chi connectivity index (χ4n) is 5.81. The van der Waals surface area contributed by atoms with Gasteiger partial charge in [0, 0.05) is 27.8 Å². The monoisotopic (exact) mass is 431 g/mol. The highest BCUT2D eigenvalue weighted by Gasteiger charge is 2.74. The molecule has 5 atom stereocenters. The minimum atomic E-state index is -1.07. The van der Waals surface area contributed by atoms with Gasteiger partial charge < -0.3 is 5.32 Å². The summed E-state index contributed by atoms with van der Waals surface area (Å²) in [4.78, 5) is 43.8. The molecule has 4 aliphatic heterocycles. The number of likely N-dealkylation sites (tertiary alicyclic amines) is 1. The van der Waals surface area contributed by atoms with Crippen LogP contribution in [0.3, 0.4) is 0 Å². The van der Waals surface area contributed by atoms with E-state index in [-0.39, 0.29) is 29.8 Å². The number of halogens is 1. The van der Waals surface area contributed by atoms with Crippen molar-refractivity contribution in [3.63, 3.8) is 0 Å². The highest BCUT2D eigenvalue weighted by atomic mass is 79.9. The second-order valence-electron chi connectivity index (χ2n) is 8.12. The highest BCUT2D eigenvalue weighted by molar-refractivity contribution is 9.10. The fourth-order valence-corrected chi connectivity index (χ4v) is 6.18. The van der Waals surface area contributed by atoms with Gasteiger partial charge in [-0.2, -0.15) is 0 Å². The van der Waals surface area contributed by atoms with Gasteiger partial charge in [-0.05, 0) is 50.9 Å². The minimum absolute atomic E-state index is 0.0452. The van der Waals surface area contributed by atoms with E-state index < -0.39 is 17.4 Å². The zero-order chi connectivity index (χ0) is 19.1. The van der Waals surface area contributed by atoms with Crippen LogP contribution in [0.4, 0.5) is 5.69 Å². The Kier molecular flexibility index (Phi) is 3.63. The largest absolute Gasteiger partial charge is 0.324 e. The molecule has 1 N–H and O–H groups in total. The smallest absolute Gasteiger partial charge is 0.250 e. The molecule has 6 nitrogen and oxygen atoms in total. The van der Waals surface area contributed by atoms with E-state index in [4.69, 9.17) is 0 Å². The molecule has 4 aliphatic rings. The number of imide groups is 1. The van der Waals surface area contributed by atoms with Crippen LogP contribution in [-0.2, 0) is 19.9 Å². The lowest BCUT2D eigenvalue weighted by molar-refractivity contribution is -0.147. The lowest BCUT2D eigenvalue weighted by Gasteiger charge is -2.37. The third kappa shape index (κ3) is 1.92. The maximum Gasteiger partial charge on any atom is 0.250 e. The number of fused-ring (bicyclic) bond motifs is 7. The number of nitrogens with zero attached hydrogens (tertiary/aromatic N) is 2. The van der Waals surface area contributed by atoms with Crippen LogP contribution >= 0.6 is 15.9 Å². The van der Waals surface area contributed by atoms with Gasteiger partial charge in [-0.15, -0.1) is 0 Å². The average molecular weight is 432 g/mol. The number of nitrogens with one attached hydrogen (secondary N) is 1. The third-order valence-electron chi connectivity index (χ3n) is 7.02. The van der Waals surface area contributed by atoms with Crippen molar-refractivity contribution < 1.29 is 14.4 Å². The summed E-state index contributed by atoms with van der Waals surface area (Å²) in [5, 5.41) is 2.99. The van der Waals surface area contributed by atoms with Crippen LogP contribution in [0.2, 0.25) is 0 Å². The standard InChI is InChI=1S/C20H22BrN3O3/c1-3-10(2)24-17(25)15-14-5-4-8-23(14)20(16(15)18(24)26)12-9-11(21)6-7-13(12)22-19(20)27/h6-7,9-10,14-16H,3-5,8H2,1-2H3,(H,22,27)/t10-,14-,15-,16+,20+/m1/s1. The van der Waals surface area contributed by atoms with Crippen molar-refractivity contribution in [2.75, 3.05) is 11.9 Å². The van der Waals surface area contributed by atoms with Crippen molar-refractivity contribution in [2.24, 2.45) is 11.8 Å². The van der Waals surface area contributed by atoms with E-state index in [1.165, 1.54) is 4.90 Å². The predicted octanol–water partition coefficient (Wildman–Crippen LogP) is 2.47. The Labute approximate surface area is 166 Å². The number of hydrogen-bond donors (Lipinski definition) is 1. The van der Waals surface area contributed by atoms with Gasteiger partial charge in [0.25, 0.3) is 0 Å². The molecule has 0 aliphatic carbocycles. The Morgan fingerprint density at radius 2 is 2.07 bits per heavy atom. The molecular formula is C20H22BrN3O3. The third-order valence-corrected chi connectivity index (χ3v) is 7.51. The van der Waals surface area contributed by atoms with Gasteiger partial charge in [0.2, 0.25) is 17.7 Å². The second-order valence-corrected chi connectivity index (χ2v) is 9.04. The summed E-state index contributed by atoms with van der Waals surface area (Å²) in [6.07, 6.45) is 2.51. The van der Waals surface area contributed by atoms with Crippen molar-refractivity contribution in [2.45, 2.75) is 50.7 Å². The molecule has 5 rings (SSSR count). The summed E-state index contributed by atoms with van der Waals surface area (Å²) in [6, 6.07) is 5.51. The lowest BCUT2D eigenvalue weighted by Crippen LogP contribution is -2.54. The van der Waals surface area contributed by atoms with E-state index in [1.54, 1.807) is 0 Å². The summed E-state index contributed by atoms with van der Waals surface area (Å²) in [7, 11) is 0. The quantitative estimate of drug-likeness (QED) is 0.730. The Morgan fingerprint density at radius 3 is 2.81 bits per heavy atom. The van der Waals surface area contributed by atoms with Crippen molar-refractivity contribution in [3.8, 4) is 0 Å². The Balaban J connectivity index is 1.74. The number of carbonyl (C=O) groups excluding carboxylic acids is 3. The zero-order valence-corrected chi connectivity index (χ0v) is 17.0. The molecule has 1 aromatic rings. The van der Waals surface area contributed by atoms with Crippen molar-refractivity contribution in [1.82, 2.24) is 9.80 Å². The average Bonchev–Trinajstić information content (AvgIpc) is 3.33. The molecule has 3 amide bonds. The minimum Gasteiger partial charge on any atom is -0.324 e. The van der Waals surface area contributed by atoms with Crippen LogP contribution in [-0.4, -0.2) is 46.1 Å². The van der Waals surface area contributed by atoms with Crippen molar-refractivity contribution in [3.05, 3.63) is 28.2 Å². The summed E-state index contributed by atoms with van der Waals surface area (Å²) in [6.45, 7) is 4.63. The van der Waals surface area contributed by atoms with Gasteiger partial charge in [0.1, 0.15) is 5.54 Å². The first-order valence-electron chi connectivity index (χ1n) is 9.68. The predicted molar refractivity (Wildman–Crippen MR) is 103 cm³/mol. The van der Waals surface area contributed by atoms with E-state index in [2.05, 4.69) is 26.1 Å². The first kappa shape index (κ1) is 17.4. The summed E-state index contributed by atoms with van der Waals surface area (Å²) < 4.78 is 0.867. The number of amides is 3. The Hall–Kier alpha value is -1.73. The van der Waals surface area contributed by atoms with E-state index in [0.29, 0.717) is 6.42 Å². The van der Waals surface area contributed by atoms with Gasteiger partial charge in [-0.1, -0.05) is 22.9 Å². The van der Waals surface area contributed by atoms with Crippen molar-refractivity contribution in [1.29, 1.82) is 0 Å². The molecule has 4 heterocycles. The maximum atomic E-state index is 13.5. The van der Waals surface area contributed by atoms with Gasteiger partial charge in [-0.25, -0.2) is 0 Å². The summed E-state index contributed by atoms with van der Waals surface area (Å²) in [5.41, 5.74) is 0.505. The first-order valence-corrected chi connectivity index (χ1v) is 10.5. The molecule has 1 aromatic carbocycles. The van der Waals surface area contributed by atoms with Crippen LogP contribution in [0.15, 0.2) is 22.7 Å². The molecule has 0 unspecified atom stereocenters. The van der Waals surface area contributed by atoms with E-state index in [0.717, 1.165) is 35.1 Å². The number of anilines is 1. The Bertz CT molecular complexity index is 887. The summed E-state index contributed by atoms with van der Waals surface area (Å²) in [5.74, 6) is -1.51. The number of rotatable bonds is 2. The molecule has 3 saturated heterocycles. The van der Waals surface area contributed by atoms with Crippen LogP contribution in [0.5, 0.6) is 0 Å². The molecule has 0 aromatic heterocycles. The van der Waals surface area contributed by atoms with Gasteiger partial charge in [0.05, 0.1) is 11.8 Å². The number of carbonyl (C=O) groups is 3. The topological polar surface area (TPSA) is 69.7 Å². The van der Waals surface area contributed by atoms with E-state index in [1.807, 2.05) is 32.0 Å². The normalized spacial score (nSPS) is 35.6. The van der Waals surface area contributed by atoms with Gasteiger partial charge in [0.15, 0.2) is 0 Å². The fraction of sp³-hybridized carbons (Fsp3) is 0.550. The Morgan fingerprint density at radius 1 is 1.30 bits per heavy atom. The molecule has 0 radical (unpaired) electrons. The molecule has 1 spiro atoms. The van der Waals surface area contributed by atoms with Crippen LogP contribution in [0.1, 0.15) is 38.7 Å². The van der Waals surface area contributed by atoms with Gasteiger partial charge in [-0.3, -0.25) is 24.2 Å². The SMILES string of the molecule is CC[C@@H](C)N1C(=O)[C@@H]2[C@H]3CCCN3[C@]3(C(=O)Nc4ccc(Br)cc43)[C@@H]2C1=O. The number of hydrogen-bond acceptors (Lipinski definition) is 4. The zero-order valence-electron chi connectivity index (χ0n) is 15.4. The molecule has 27 heavy (non-hydrogen) atoms. The number of benzene rings is 1. The molecule has 7 heteroatoms. The van der Waals surface area contributed by atoms with Gasteiger partial charge >= 0.3 is 0 Å². The van der Waals surface area contributed by atoms with E-state index in [9.17, 15) is 14.4 Å². The van der Waals surface area contributed by atoms with Crippen LogP contribution in [0, 0.1) is 11.8 Å². The highest BCUT2D eigenvalue weighted by Crippen LogP contribution is 2.60. The molecular weight excluding hydrogens is 410 g/mol. The van der Waals surface area contributed by atoms with Crippen LogP contribution < -0.4 is 5.32 Å². The van der Waals surface area contributed by atoms with Crippen LogP contribution in [0.25, 0.3) is 0 Å². The lowest BCUT2D eigenvalue weighted by atomic mass is 9.75. The maximum absolute atomic E-state index is 13.5. The van der Waals surface area contributed by atoms with E-state index >= 15 is 0 Å². The summed E-state index contributed by atoms with van der Waals surface area (Å²) >= 11 is 3.51.